The summed E-state index contributed by atoms with van der Waals surface area (Å²) >= 11 is 0. The summed E-state index contributed by atoms with van der Waals surface area (Å²) in [6, 6.07) is 4.09. The summed E-state index contributed by atoms with van der Waals surface area (Å²) in [5.74, 6) is 3.61. The molecule has 0 bridgehead atoms. The highest BCUT2D eigenvalue weighted by Gasteiger charge is 2.60. The molecule has 1 N–H and O–H groups in total. The summed E-state index contributed by atoms with van der Waals surface area (Å²) in [5, 5.41) is 0. The van der Waals surface area contributed by atoms with Crippen molar-refractivity contribution in [2.75, 3.05) is 0 Å². The van der Waals surface area contributed by atoms with Crippen molar-refractivity contribution in [1.29, 1.82) is 0 Å². The first-order valence-corrected chi connectivity index (χ1v) is 10.9. The molecule has 0 spiro atoms. The molecule has 4 aliphatic carbocycles. The van der Waals surface area contributed by atoms with Crippen molar-refractivity contribution in [2.24, 2.45) is 34.5 Å². The van der Waals surface area contributed by atoms with Crippen LogP contribution in [0.5, 0.6) is 0 Å². The highest BCUT2D eigenvalue weighted by atomic mass is 16.1. The molecule has 140 valence electrons. The average Bonchev–Trinajstić information content (AvgIpc) is 3.23. The van der Waals surface area contributed by atoms with E-state index >= 15 is 0 Å². The van der Waals surface area contributed by atoms with Crippen LogP contribution in [0.1, 0.15) is 77.3 Å². The van der Waals surface area contributed by atoms with Crippen molar-refractivity contribution < 1.29 is 4.79 Å². The van der Waals surface area contributed by atoms with Gasteiger partial charge in [-0.3, -0.25) is 4.79 Å². The minimum atomic E-state index is -0.0997. The van der Waals surface area contributed by atoms with Crippen molar-refractivity contribution in [1.82, 2.24) is 4.98 Å². The van der Waals surface area contributed by atoms with Gasteiger partial charge in [0.25, 0.3) is 0 Å². The number of hydrogen-bond donors (Lipinski definition) is 1. The molecule has 1 aromatic rings. The number of aromatic nitrogens is 1. The highest BCUT2D eigenvalue weighted by Crippen LogP contribution is 2.66. The molecule has 0 amide bonds. The molecule has 26 heavy (non-hydrogen) atoms. The first kappa shape index (κ1) is 16.8. The first-order chi connectivity index (χ1) is 12.5. The maximum absolute atomic E-state index is 13.3. The molecule has 2 nitrogen and oxygen atoms in total. The Balaban J connectivity index is 1.47. The summed E-state index contributed by atoms with van der Waals surface area (Å²) in [4.78, 5) is 16.6. The maximum Gasteiger partial charge on any atom is 0.165 e. The van der Waals surface area contributed by atoms with Gasteiger partial charge >= 0.3 is 0 Å². The number of nitrogens with one attached hydrogen (secondary N) is 1. The molecule has 4 fully saturated rings. The second-order valence-corrected chi connectivity index (χ2v) is 10.2. The van der Waals surface area contributed by atoms with Crippen molar-refractivity contribution in [2.45, 2.75) is 71.6 Å². The smallest absolute Gasteiger partial charge is 0.165 e. The summed E-state index contributed by atoms with van der Waals surface area (Å²) < 4.78 is 0. The molecule has 4 aliphatic rings. The van der Waals surface area contributed by atoms with E-state index in [2.05, 4.69) is 31.0 Å². The van der Waals surface area contributed by atoms with Crippen LogP contribution in [0.3, 0.4) is 0 Å². The third-order valence-electron chi connectivity index (χ3n) is 9.17. The molecule has 6 atom stereocenters. The fraction of sp³-hybridized carbons (Fsp3) is 0.708. The lowest BCUT2D eigenvalue weighted by atomic mass is 9.45. The quantitative estimate of drug-likeness (QED) is 0.617. The number of aromatic amines is 1. The van der Waals surface area contributed by atoms with Crippen molar-refractivity contribution in [3.63, 3.8) is 0 Å². The van der Waals surface area contributed by atoms with E-state index in [1.807, 2.05) is 12.3 Å². The van der Waals surface area contributed by atoms with Crippen LogP contribution in [-0.4, -0.2) is 10.8 Å². The van der Waals surface area contributed by atoms with Crippen molar-refractivity contribution in [3.8, 4) is 0 Å². The average molecular weight is 352 g/mol. The number of Topliss-reactive ketones (excluding diaryl/α,β-unsaturated/α-hetero) is 1. The van der Waals surface area contributed by atoms with E-state index in [0.717, 1.165) is 41.9 Å². The molecule has 0 aromatic carbocycles. The Morgan fingerprint density at radius 2 is 1.96 bits per heavy atom. The monoisotopic (exact) mass is 351 g/mol. The maximum atomic E-state index is 13.3. The zero-order valence-corrected chi connectivity index (χ0v) is 16.4. The fourth-order valence-corrected chi connectivity index (χ4v) is 7.72. The van der Waals surface area contributed by atoms with Gasteiger partial charge in [-0.2, -0.15) is 0 Å². The van der Waals surface area contributed by atoms with E-state index in [9.17, 15) is 4.79 Å². The Labute approximate surface area is 157 Å². The highest BCUT2D eigenvalue weighted by molar-refractivity contribution is 6.05. The number of carbonyl (C=O) groups is 1. The summed E-state index contributed by atoms with van der Waals surface area (Å²) in [5.41, 5.74) is 2.61. The molecule has 4 saturated carbocycles. The molecule has 6 unspecified atom stereocenters. The molecule has 0 saturated heterocycles. The van der Waals surface area contributed by atoms with E-state index in [0.29, 0.717) is 17.1 Å². The Morgan fingerprint density at radius 1 is 1.08 bits per heavy atom. The van der Waals surface area contributed by atoms with Crippen LogP contribution in [-0.2, 0) is 4.79 Å². The van der Waals surface area contributed by atoms with Gasteiger partial charge in [-0.1, -0.05) is 26.7 Å². The van der Waals surface area contributed by atoms with Gasteiger partial charge in [0, 0.05) is 17.3 Å². The van der Waals surface area contributed by atoms with Gasteiger partial charge in [-0.25, -0.2) is 0 Å². The van der Waals surface area contributed by atoms with Crippen LogP contribution < -0.4 is 0 Å². The minimum Gasteiger partial charge on any atom is -0.362 e. The number of H-pyrrole nitrogens is 1. The SMILES string of the molecule is CC12CCC3C(CCC4CCCCC43C)C1CC(=Cc1ccc[nH]1)C2=O. The van der Waals surface area contributed by atoms with Gasteiger partial charge in [0.15, 0.2) is 5.78 Å². The molecule has 5 rings (SSSR count). The van der Waals surface area contributed by atoms with Crippen LogP contribution >= 0.6 is 0 Å². The number of rotatable bonds is 1. The van der Waals surface area contributed by atoms with Gasteiger partial charge in [0.1, 0.15) is 0 Å². The van der Waals surface area contributed by atoms with Gasteiger partial charge in [0.05, 0.1) is 0 Å². The van der Waals surface area contributed by atoms with Gasteiger partial charge in [-0.15, -0.1) is 0 Å². The lowest BCUT2D eigenvalue weighted by Crippen LogP contribution is -2.52. The van der Waals surface area contributed by atoms with E-state index in [4.69, 9.17) is 0 Å². The number of ketones is 1. The van der Waals surface area contributed by atoms with E-state index in [-0.39, 0.29) is 5.41 Å². The van der Waals surface area contributed by atoms with Crippen LogP contribution in [0.4, 0.5) is 0 Å². The predicted molar refractivity (Wildman–Crippen MR) is 106 cm³/mol. The molecule has 0 aliphatic heterocycles. The van der Waals surface area contributed by atoms with E-state index < -0.39 is 0 Å². The summed E-state index contributed by atoms with van der Waals surface area (Å²) in [6.07, 6.45) is 16.0. The van der Waals surface area contributed by atoms with Crippen molar-refractivity contribution >= 4 is 11.9 Å². The topological polar surface area (TPSA) is 32.9 Å². The lowest BCUT2D eigenvalue weighted by Gasteiger charge is -2.59. The molecule has 0 radical (unpaired) electrons. The molecular weight excluding hydrogens is 318 g/mol. The number of hydrogen-bond acceptors (Lipinski definition) is 1. The fourth-order valence-electron chi connectivity index (χ4n) is 7.72. The summed E-state index contributed by atoms with van der Waals surface area (Å²) in [6.45, 7) is 4.91. The van der Waals surface area contributed by atoms with Crippen LogP contribution in [0.15, 0.2) is 23.9 Å². The zero-order chi connectivity index (χ0) is 17.9. The molecule has 2 heteroatoms. The van der Waals surface area contributed by atoms with E-state index in [1.165, 1.54) is 44.9 Å². The third kappa shape index (κ3) is 2.26. The Morgan fingerprint density at radius 3 is 2.77 bits per heavy atom. The Bertz CT molecular complexity index is 731. The first-order valence-electron chi connectivity index (χ1n) is 10.9. The van der Waals surface area contributed by atoms with Crippen LogP contribution in [0.2, 0.25) is 0 Å². The predicted octanol–water partition coefficient (Wildman–Crippen LogP) is 6.01. The zero-order valence-electron chi connectivity index (χ0n) is 16.4. The van der Waals surface area contributed by atoms with Crippen LogP contribution in [0.25, 0.3) is 6.08 Å². The second-order valence-electron chi connectivity index (χ2n) is 10.2. The standard InChI is InChI=1S/C24H33NO/c1-23-11-4-3-6-17(23)8-9-19-20(23)10-12-24(2)21(19)15-16(22(24)26)14-18-7-5-13-25-18/h5,7,13-14,17,19-21,25H,3-4,6,8-12,15H2,1-2H3. The molecule has 1 aromatic heterocycles. The van der Waals surface area contributed by atoms with E-state index in [1.54, 1.807) is 0 Å². The van der Waals surface area contributed by atoms with Crippen molar-refractivity contribution in [3.05, 3.63) is 29.6 Å². The normalized spacial score (nSPS) is 46.7. The number of carbonyl (C=O) groups excluding carboxylic acids is 1. The Hall–Kier alpha value is -1.31. The lowest BCUT2D eigenvalue weighted by molar-refractivity contribution is -0.137. The molecule has 1 heterocycles. The van der Waals surface area contributed by atoms with Gasteiger partial charge in [0.2, 0.25) is 0 Å². The molecular formula is C24H33NO. The number of allylic oxidation sites excluding steroid dienone is 1. The van der Waals surface area contributed by atoms with Gasteiger partial charge < -0.3 is 4.98 Å². The summed E-state index contributed by atoms with van der Waals surface area (Å²) in [7, 11) is 0. The third-order valence-corrected chi connectivity index (χ3v) is 9.17. The minimum absolute atomic E-state index is 0.0997. The Kier molecular flexibility index (Phi) is 3.78. The largest absolute Gasteiger partial charge is 0.362 e. The van der Waals surface area contributed by atoms with Crippen LogP contribution in [0, 0.1) is 34.5 Å². The second kappa shape index (κ2) is 5.84. The van der Waals surface area contributed by atoms with Gasteiger partial charge in [-0.05, 0) is 97.8 Å². The number of fused-ring (bicyclic) bond motifs is 5.